The zero-order chi connectivity index (χ0) is 23.8. The highest BCUT2D eigenvalue weighted by atomic mass is 16.5. The van der Waals surface area contributed by atoms with Gasteiger partial charge in [-0.1, -0.05) is 118 Å². The molecule has 0 atom stereocenters. The number of benzene rings is 1. The average molecular weight is 447 g/mol. The van der Waals surface area contributed by atoms with Crippen LogP contribution in [0.4, 0.5) is 0 Å². The molecular formula is C29H50O3. The molecule has 0 radical (unpaired) electrons. The zero-order valence-corrected chi connectivity index (χ0v) is 21.7. The van der Waals surface area contributed by atoms with Gasteiger partial charge in [0.15, 0.2) is 0 Å². The summed E-state index contributed by atoms with van der Waals surface area (Å²) in [6, 6.07) is 3.58. The van der Waals surface area contributed by atoms with Crippen LogP contribution in [0.25, 0.3) is 0 Å². The van der Waals surface area contributed by atoms with Gasteiger partial charge in [0, 0.05) is 0 Å². The molecule has 0 unspecified atom stereocenters. The Morgan fingerprint density at radius 3 is 1.47 bits per heavy atom. The molecule has 1 rings (SSSR count). The predicted molar refractivity (Wildman–Crippen MR) is 137 cm³/mol. The molecular weight excluding hydrogens is 396 g/mol. The molecule has 0 saturated carbocycles. The third-order valence-corrected chi connectivity index (χ3v) is 6.38. The molecule has 0 saturated heterocycles. The SMILES string of the molecule is CCCCCCCCCCCCCCCCOC(=O)c1cc(C(C)C)c(O)c(C(C)C)c1. The second-order valence-electron chi connectivity index (χ2n) is 10.0. The highest BCUT2D eigenvalue weighted by Crippen LogP contribution is 2.35. The topological polar surface area (TPSA) is 46.5 Å². The van der Waals surface area contributed by atoms with Gasteiger partial charge < -0.3 is 9.84 Å². The Hall–Kier alpha value is -1.51. The summed E-state index contributed by atoms with van der Waals surface area (Å²) in [6.07, 6.45) is 18.4. The van der Waals surface area contributed by atoms with Crippen molar-refractivity contribution >= 4 is 5.97 Å². The Balaban J connectivity index is 2.16. The summed E-state index contributed by atoms with van der Waals surface area (Å²) in [7, 11) is 0. The lowest BCUT2D eigenvalue weighted by atomic mass is 9.91. The minimum atomic E-state index is -0.275. The van der Waals surface area contributed by atoms with Crippen molar-refractivity contribution in [3.05, 3.63) is 28.8 Å². The third kappa shape index (κ3) is 11.4. The van der Waals surface area contributed by atoms with Crippen LogP contribution in [0, 0.1) is 0 Å². The standard InChI is InChI=1S/C29H50O3/c1-6-7-8-9-10-11-12-13-14-15-16-17-18-19-20-32-29(31)25-21-26(23(2)3)28(30)27(22-25)24(4)5/h21-24,30H,6-20H2,1-5H3. The second-order valence-corrected chi connectivity index (χ2v) is 10.0. The number of unbranched alkanes of at least 4 members (excludes halogenated alkanes) is 13. The Kier molecular flexibility index (Phi) is 15.2. The summed E-state index contributed by atoms with van der Waals surface area (Å²) in [5.74, 6) is 0.360. The summed E-state index contributed by atoms with van der Waals surface area (Å²) in [4.78, 5) is 12.5. The predicted octanol–water partition coefficient (Wildman–Crippen LogP) is 9.28. The highest BCUT2D eigenvalue weighted by molar-refractivity contribution is 5.90. The van der Waals surface area contributed by atoms with Crippen molar-refractivity contribution in [2.24, 2.45) is 0 Å². The molecule has 32 heavy (non-hydrogen) atoms. The van der Waals surface area contributed by atoms with Gasteiger partial charge in [-0.2, -0.15) is 0 Å². The Morgan fingerprint density at radius 2 is 1.09 bits per heavy atom. The van der Waals surface area contributed by atoms with Crippen LogP contribution < -0.4 is 0 Å². The van der Waals surface area contributed by atoms with E-state index in [4.69, 9.17) is 4.74 Å². The number of carbonyl (C=O) groups excluding carboxylic acids is 1. The largest absolute Gasteiger partial charge is 0.507 e. The van der Waals surface area contributed by atoms with Crippen LogP contribution in [0.3, 0.4) is 0 Å². The number of hydrogen-bond donors (Lipinski definition) is 1. The normalized spacial score (nSPS) is 11.5. The average Bonchev–Trinajstić information content (AvgIpc) is 2.76. The quantitative estimate of drug-likeness (QED) is 0.180. The first-order chi connectivity index (χ1) is 15.4. The van der Waals surface area contributed by atoms with Crippen LogP contribution in [0.2, 0.25) is 0 Å². The molecule has 0 aromatic heterocycles. The maximum atomic E-state index is 12.5. The van der Waals surface area contributed by atoms with Gasteiger partial charge in [0.05, 0.1) is 12.2 Å². The fourth-order valence-corrected chi connectivity index (χ4v) is 4.22. The van der Waals surface area contributed by atoms with Crippen LogP contribution in [0.15, 0.2) is 12.1 Å². The van der Waals surface area contributed by atoms with Gasteiger partial charge in [0.2, 0.25) is 0 Å². The lowest BCUT2D eigenvalue weighted by Gasteiger charge is -2.17. The van der Waals surface area contributed by atoms with Crippen LogP contribution in [0.5, 0.6) is 5.75 Å². The number of hydrogen-bond acceptors (Lipinski definition) is 3. The van der Waals surface area contributed by atoms with Gasteiger partial charge in [0.25, 0.3) is 0 Å². The summed E-state index contributed by atoms with van der Waals surface area (Å²) >= 11 is 0. The summed E-state index contributed by atoms with van der Waals surface area (Å²) < 4.78 is 5.52. The zero-order valence-electron chi connectivity index (χ0n) is 21.7. The molecule has 3 nitrogen and oxygen atoms in total. The van der Waals surface area contributed by atoms with Crippen molar-refractivity contribution in [3.8, 4) is 5.75 Å². The Morgan fingerprint density at radius 1 is 0.719 bits per heavy atom. The molecule has 0 aliphatic carbocycles. The maximum Gasteiger partial charge on any atom is 0.338 e. The number of rotatable bonds is 18. The Bertz CT molecular complexity index is 604. The first-order valence-electron chi connectivity index (χ1n) is 13.4. The van der Waals surface area contributed by atoms with E-state index in [1.165, 1.54) is 77.0 Å². The van der Waals surface area contributed by atoms with Crippen molar-refractivity contribution in [2.75, 3.05) is 6.61 Å². The third-order valence-electron chi connectivity index (χ3n) is 6.38. The van der Waals surface area contributed by atoms with E-state index < -0.39 is 0 Å². The molecule has 0 aliphatic heterocycles. The molecule has 0 fully saturated rings. The highest BCUT2D eigenvalue weighted by Gasteiger charge is 2.18. The number of esters is 1. The smallest absolute Gasteiger partial charge is 0.338 e. The van der Waals surface area contributed by atoms with Crippen LogP contribution in [0.1, 0.15) is 158 Å². The minimum absolute atomic E-state index is 0.158. The van der Waals surface area contributed by atoms with Crippen LogP contribution in [-0.2, 0) is 4.74 Å². The van der Waals surface area contributed by atoms with E-state index in [0.29, 0.717) is 17.9 Å². The van der Waals surface area contributed by atoms with Crippen molar-refractivity contribution in [3.63, 3.8) is 0 Å². The molecule has 3 heteroatoms. The first-order valence-corrected chi connectivity index (χ1v) is 13.4. The van der Waals surface area contributed by atoms with Gasteiger partial charge in [-0.05, 0) is 41.5 Å². The van der Waals surface area contributed by atoms with Crippen molar-refractivity contribution < 1.29 is 14.6 Å². The number of phenols is 1. The second kappa shape index (κ2) is 17.0. The number of carbonyl (C=O) groups is 1. The van der Waals surface area contributed by atoms with E-state index in [0.717, 1.165) is 24.0 Å². The lowest BCUT2D eigenvalue weighted by Crippen LogP contribution is -2.09. The Labute approximate surface area is 198 Å². The minimum Gasteiger partial charge on any atom is -0.507 e. The molecule has 0 spiro atoms. The molecule has 0 heterocycles. The van der Waals surface area contributed by atoms with Gasteiger partial charge in [-0.3, -0.25) is 0 Å². The van der Waals surface area contributed by atoms with E-state index in [1.54, 1.807) is 12.1 Å². The maximum absolute atomic E-state index is 12.5. The fraction of sp³-hybridized carbons (Fsp3) is 0.759. The first kappa shape index (κ1) is 28.5. The van der Waals surface area contributed by atoms with Gasteiger partial charge in [-0.25, -0.2) is 4.79 Å². The summed E-state index contributed by atoms with van der Waals surface area (Å²) in [6.45, 7) is 10.9. The van der Waals surface area contributed by atoms with Gasteiger partial charge in [-0.15, -0.1) is 0 Å². The monoisotopic (exact) mass is 446 g/mol. The van der Waals surface area contributed by atoms with E-state index in [1.807, 2.05) is 27.7 Å². The molecule has 1 N–H and O–H groups in total. The fourth-order valence-electron chi connectivity index (χ4n) is 4.22. The molecule has 0 aliphatic rings. The molecule has 1 aromatic carbocycles. The molecule has 184 valence electrons. The van der Waals surface area contributed by atoms with E-state index in [-0.39, 0.29) is 17.8 Å². The number of phenolic OH excluding ortho intramolecular Hbond substituents is 1. The van der Waals surface area contributed by atoms with Crippen molar-refractivity contribution in [1.82, 2.24) is 0 Å². The van der Waals surface area contributed by atoms with E-state index in [9.17, 15) is 9.90 Å². The van der Waals surface area contributed by atoms with Crippen molar-refractivity contribution in [1.29, 1.82) is 0 Å². The van der Waals surface area contributed by atoms with E-state index >= 15 is 0 Å². The molecule has 1 aromatic rings. The van der Waals surface area contributed by atoms with Crippen LogP contribution in [-0.4, -0.2) is 17.7 Å². The van der Waals surface area contributed by atoms with E-state index in [2.05, 4.69) is 6.92 Å². The van der Waals surface area contributed by atoms with Gasteiger partial charge in [0.1, 0.15) is 5.75 Å². The van der Waals surface area contributed by atoms with Crippen molar-refractivity contribution in [2.45, 2.75) is 136 Å². The molecule has 0 amide bonds. The van der Waals surface area contributed by atoms with Gasteiger partial charge >= 0.3 is 5.97 Å². The summed E-state index contributed by atoms with van der Waals surface area (Å²) in [5.41, 5.74) is 2.19. The summed E-state index contributed by atoms with van der Waals surface area (Å²) in [5, 5.41) is 10.5. The molecule has 0 bridgehead atoms. The lowest BCUT2D eigenvalue weighted by molar-refractivity contribution is 0.0497. The number of ether oxygens (including phenoxy) is 1. The van der Waals surface area contributed by atoms with Crippen LogP contribution >= 0.6 is 0 Å². The number of aromatic hydroxyl groups is 1.